The van der Waals surface area contributed by atoms with Crippen molar-refractivity contribution in [2.24, 2.45) is 0 Å². The van der Waals surface area contributed by atoms with Crippen molar-refractivity contribution in [2.75, 3.05) is 10.2 Å². The molecule has 364 valence electrons. The van der Waals surface area contributed by atoms with Crippen LogP contribution in [0.2, 0.25) is 0 Å². The van der Waals surface area contributed by atoms with Gasteiger partial charge in [0, 0.05) is 22.7 Å². The van der Waals surface area contributed by atoms with Crippen LogP contribution < -0.4 is 10.2 Å². The Morgan fingerprint density at radius 3 is 0.887 bits per heavy atom. The molecule has 0 saturated heterocycles. The highest BCUT2D eigenvalue weighted by Gasteiger charge is 2.37. The topological polar surface area (TPSA) is 15.3 Å². The average molecular weight is 983 g/mol. The monoisotopic (exact) mass is 982 g/mol. The lowest BCUT2D eigenvalue weighted by Crippen LogP contribution is -2.35. The maximum Gasteiger partial charge on any atom is 0.416 e. The average Bonchev–Trinajstić information content (AvgIpc) is 3.35. The van der Waals surface area contributed by atoms with E-state index in [-0.39, 0.29) is 0 Å². The van der Waals surface area contributed by atoms with Crippen LogP contribution in [0.4, 0.5) is 75.4 Å². The number of halogens is 12. The summed E-state index contributed by atoms with van der Waals surface area (Å²) in [5.74, 6) is 0. The summed E-state index contributed by atoms with van der Waals surface area (Å²) in [6.45, 7) is 3.73. The van der Waals surface area contributed by atoms with Crippen LogP contribution in [0.3, 0.4) is 0 Å². The molecule has 1 N–H and O–H groups in total. The van der Waals surface area contributed by atoms with Gasteiger partial charge < -0.3 is 10.2 Å². The molecular formula is C57H42F12N2. The highest BCUT2D eigenvalue weighted by Crippen LogP contribution is 2.45. The molecule has 0 atom stereocenters. The van der Waals surface area contributed by atoms with Gasteiger partial charge in [-0.05, 0) is 160 Å². The predicted octanol–water partition coefficient (Wildman–Crippen LogP) is 19.0. The van der Waals surface area contributed by atoms with Gasteiger partial charge in [-0.3, -0.25) is 0 Å². The summed E-state index contributed by atoms with van der Waals surface area (Å²) in [5.41, 5.74) is 3.31. The van der Waals surface area contributed by atoms with E-state index in [2.05, 4.69) is 5.32 Å². The van der Waals surface area contributed by atoms with E-state index in [1.807, 2.05) is 18.7 Å². The Morgan fingerprint density at radius 1 is 0.324 bits per heavy atom. The van der Waals surface area contributed by atoms with E-state index in [0.29, 0.717) is 85.7 Å². The molecule has 0 aliphatic carbocycles. The lowest BCUT2D eigenvalue weighted by Gasteiger charge is -2.37. The Balaban J connectivity index is 1.15. The first-order chi connectivity index (χ1) is 33.6. The molecule has 0 unspecified atom stereocenters. The van der Waals surface area contributed by atoms with Gasteiger partial charge in [0.1, 0.15) is 0 Å². The van der Waals surface area contributed by atoms with Crippen LogP contribution >= 0.6 is 0 Å². The van der Waals surface area contributed by atoms with E-state index in [9.17, 15) is 52.7 Å². The molecule has 0 spiro atoms. The maximum atomic E-state index is 14.5. The summed E-state index contributed by atoms with van der Waals surface area (Å²) in [5, 5.41) is 3.50. The summed E-state index contributed by atoms with van der Waals surface area (Å²) < 4.78 is 163. The van der Waals surface area contributed by atoms with Crippen molar-refractivity contribution in [1.82, 2.24) is 0 Å². The highest BCUT2D eigenvalue weighted by atomic mass is 19.4. The zero-order valence-electron chi connectivity index (χ0n) is 37.8. The first kappa shape index (κ1) is 49.9. The third-order valence-corrected chi connectivity index (χ3v) is 12.7. The number of hydrogen-bond donors (Lipinski definition) is 1. The number of nitrogens with zero attached hydrogens (tertiary/aromatic N) is 1. The zero-order chi connectivity index (χ0) is 50.9. The standard InChI is InChI=1S/C57H42F12N2/c1-3-53(4-2,70-47-26-11-39(12-27-47)36-5-19-43(20-6-36)54(58,59)60)52-35-46(57(67,68)69)25-34-51(52)42-17-32-50(33-18-42)71(48-28-13-40(14-29-48)37-7-21-44(22-8-37)55(61,62)63)49-30-15-41(16-31-49)38-9-23-45(24-10-38)56(64,65)66/h5-35,70H,3-4H2,1-2H3. The molecule has 71 heavy (non-hydrogen) atoms. The van der Waals surface area contributed by atoms with Crippen molar-refractivity contribution in [2.45, 2.75) is 56.9 Å². The van der Waals surface area contributed by atoms with Gasteiger partial charge in [0.05, 0.1) is 27.8 Å². The van der Waals surface area contributed by atoms with Crippen LogP contribution in [0.5, 0.6) is 0 Å². The predicted molar refractivity (Wildman–Crippen MR) is 255 cm³/mol. The number of anilines is 4. The Kier molecular flexibility index (Phi) is 13.6. The normalized spacial score (nSPS) is 12.5. The van der Waals surface area contributed by atoms with Crippen LogP contribution in [0.25, 0.3) is 44.5 Å². The largest absolute Gasteiger partial charge is 0.416 e. The minimum absolute atomic E-state index is 0.356. The van der Waals surface area contributed by atoms with Crippen molar-refractivity contribution < 1.29 is 52.7 Å². The van der Waals surface area contributed by atoms with Gasteiger partial charge >= 0.3 is 24.7 Å². The quantitative estimate of drug-likeness (QED) is 0.123. The van der Waals surface area contributed by atoms with Crippen molar-refractivity contribution in [3.63, 3.8) is 0 Å². The molecule has 8 aromatic rings. The zero-order valence-corrected chi connectivity index (χ0v) is 37.8. The van der Waals surface area contributed by atoms with Gasteiger partial charge in [0.2, 0.25) is 0 Å². The molecule has 0 aliphatic rings. The van der Waals surface area contributed by atoms with E-state index in [0.717, 1.165) is 48.5 Å². The van der Waals surface area contributed by atoms with Gasteiger partial charge in [-0.15, -0.1) is 0 Å². The molecule has 8 rings (SSSR count). The van der Waals surface area contributed by atoms with Gasteiger partial charge in [-0.25, -0.2) is 0 Å². The summed E-state index contributed by atoms with van der Waals surface area (Å²) >= 11 is 0. The van der Waals surface area contributed by atoms with Gasteiger partial charge in [-0.2, -0.15) is 52.7 Å². The molecule has 0 radical (unpaired) electrons. The SMILES string of the molecule is CCC(CC)(Nc1ccc(-c2ccc(C(F)(F)F)cc2)cc1)c1cc(C(F)(F)F)ccc1-c1ccc(N(c2ccc(-c3ccc(C(F)(F)F)cc3)cc2)c2ccc(-c3ccc(C(F)(F)F)cc3)cc2)cc1. The van der Waals surface area contributed by atoms with Crippen LogP contribution in [0.15, 0.2) is 188 Å². The van der Waals surface area contributed by atoms with Crippen LogP contribution in [0.1, 0.15) is 54.5 Å². The fourth-order valence-corrected chi connectivity index (χ4v) is 8.66. The van der Waals surface area contributed by atoms with E-state index in [1.165, 1.54) is 42.5 Å². The fraction of sp³-hybridized carbons (Fsp3) is 0.158. The van der Waals surface area contributed by atoms with Crippen molar-refractivity contribution in [3.05, 3.63) is 216 Å². The van der Waals surface area contributed by atoms with E-state index in [1.54, 1.807) is 97.1 Å². The number of rotatable bonds is 12. The molecule has 0 saturated carbocycles. The molecule has 8 aromatic carbocycles. The molecule has 0 fully saturated rings. The smallest absolute Gasteiger partial charge is 0.376 e. The first-order valence-electron chi connectivity index (χ1n) is 22.3. The van der Waals surface area contributed by atoms with Gasteiger partial charge in [-0.1, -0.05) is 105 Å². The second kappa shape index (κ2) is 19.4. The molecule has 2 nitrogen and oxygen atoms in total. The van der Waals surface area contributed by atoms with E-state index >= 15 is 0 Å². The van der Waals surface area contributed by atoms with Crippen molar-refractivity contribution >= 4 is 22.7 Å². The highest BCUT2D eigenvalue weighted by molar-refractivity contribution is 5.82. The second-order valence-electron chi connectivity index (χ2n) is 17.0. The number of nitrogens with one attached hydrogen (secondary N) is 1. The second-order valence-corrected chi connectivity index (χ2v) is 17.0. The van der Waals surface area contributed by atoms with Crippen LogP contribution in [0, 0.1) is 0 Å². The maximum absolute atomic E-state index is 14.5. The number of hydrogen-bond acceptors (Lipinski definition) is 2. The summed E-state index contributed by atoms with van der Waals surface area (Å²) in [6.07, 6.45) is -17.4. The van der Waals surface area contributed by atoms with Gasteiger partial charge in [0.25, 0.3) is 0 Å². The molecule has 0 amide bonds. The first-order valence-corrected chi connectivity index (χ1v) is 22.3. The molecule has 0 aromatic heterocycles. The summed E-state index contributed by atoms with van der Waals surface area (Å²) in [4.78, 5) is 1.89. The van der Waals surface area contributed by atoms with Crippen LogP contribution in [-0.2, 0) is 30.2 Å². The summed E-state index contributed by atoms with van der Waals surface area (Å²) in [6, 6.07) is 46.2. The lowest BCUT2D eigenvalue weighted by molar-refractivity contribution is -0.138. The Bertz CT molecular complexity index is 2960. The minimum atomic E-state index is -4.67. The lowest BCUT2D eigenvalue weighted by atomic mass is 9.79. The van der Waals surface area contributed by atoms with Gasteiger partial charge in [0.15, 0.2) is 0 Å². The molecule has 0 bridgehead atoms. The van der Waals surface area contributed by atoms with Crippen molar-refractivity contribution in [3.8, 4) is 44.5 Å². The van der Waals surface area contributed by atoms with E-state index in [4.69, 9.17) is 0 Å². The molecule has 0 heterocycles. The third kappa shape index (κ3) is 11.0. The Hall–Kier alpha value is -7.48. The minimum Gasteiger partial charge on any atom is -0.376 e. The Morgan fingerprint density at radius 2 is 0.592 bits per heavy atom. The molecule has 14 heteroatoms. The molecule has 0 aliphatic heterocycles. The van der Waals surface area contributed by atoms with Crippen LogP contribution in [-0.4, -0.2) is 0 Å². The number of alkyl halides is 12. The van der Waals surface area contributed by atoms with E-state index < -0.39 is 52.5 Å². The third-order valence-electron chi connectivity index (χ3n) is 12.7. The summed E-state index contributed by atoms with van der Waals surface area (Å²) in [7, 11) is 0. The van der Waals surface area contributed by atoms with Crippen molar-refractivity contribution in [1.29, 1.82) is 0 Å². The Labute approximate surface area is 401 Å². The fourth-order valence-electron chi connectivity index (χ4n) is 8.66. The molecular weight excluding hydrogens is 941 g/mol. The number of benzene rings is 8.